The smallest absolute Gasteiger partial charge is 0.272 e. The van der Waals surface area contributed by atoms with E-state index in [0.717, 1.165) is 16.6 Å². The van der Waals surface area contributed by atoms with E-state index in [0.29, 0.717) is 5.82 Å². The van der Waals surface area contributed by atoms with Gasteiger partial charge in [-0.3, -0.25) is 0 Å². The van der Waals surface area contributed by atoms with Crippen LogP contribution in [0.4, 0.5) is 5.82 Å². The second-order valence-electron chi connectivity index (χ2n) is 2.65. The van der Waals surface area contributed by atoms with Gasteiger partial charge in [0.25, 0.3) is 5.82 Å². The molecular weight excluding hydrogens is 150 g/mol. The third kappa shape index (κ3) is 0.857. The van der Waals surface area contributed by atoms with Crippen molar-refractivity contribution in [1.29, 1.82) is 0 Å². The number of pyridine rings is 1. The molecule has 0 aromatic carbocycles. The minimum Gasteiger partial charge on any atom is -0.361 e. The van der Waals surface area contributed by atoms with Gasteiger partial charge in [-0.15, -0.1) is 4.98 Å². The van der Waals surface area contributed by atoms with Crippen LogP contribution in [0.25, 0.3) is 15.9 Å². The van der Waals surface area contributed by atoms with Crippen LogP contribution in [-0.2, 0) is 0 Å². The molecule has 3 heteroatoms. The first-order chi connectivity index (χ1) is 5.81. The van der Waals surface area contributed by atoms with Gasteiger partial charge in [0.2, 0.25) is 5.65 Å². The molecule has 0 radical (unpaired) electrons. The van der Waals surface area contributed by atoms with Crippen molar-refractivity contribution in [2.75, 3.05) is 0 Å². The zero-order valence-corrected chi connectivity index (χ0v) is 6.63. The van der Waals surface area contributed by atoms with Crippen LogP contribution in [-0.4, -0.2) is 9.97 Å². The Balaban J connectivity index is 2.86. The summed E-state index contributed by atoms with van der Waals surface area (Å²) in [6.45, 7) is 8.80. The molecule has 0 saturated carbocycles. The zero-order chi connectivity index (χ0) is 8.55. The highest BCUT2D eigenvalue weighted by Crippen LogP contribution is 2.19. The van der Waals surface area contributed by atoms with Crippen molar-refractivity contribution in [2.24, 2.45) is 0 Å². The molecule has 0 aliphatic rings. The maximum Gasteiger partial charge on any atom is 0.272 e. The van der Waals surface area contributed by atoms with Crippen molar-refractivity contribution in [3.63, 3.8) is 0 Å². The molecule has 58 valence electrons. The van der Waals surface area contributed by atoms with Gasteiger partial charge in [-0.2, -0.15) is 0 Å². The van der Waals surface area contributed by atoms with Gasteiger partial charge in [0.15, 0.2) is 0 Å². The molecule has 0 aliphatic heterocycles. The molecule has 2 aromatic rings. The van der Waals surface area contributed by atoms with E-state index in [4.69, 9.17) is 6.57 Å². The molecule has 1 N–H and O–H groups in total. The number of hydrogen-bond acceptors (Lipinski definition) is 1. The summed E-state index contributed by atoms with van der Waals surface area (Å²) >= 11 is 0. The van der Waals surface area contributed by atoms with E-state index in [1.807, 2.05) is 19.2 Å². The summed E-state index contributed by atoms with van der Waals surface area (Å²) in [5.74, 6) is 0.447. The van der Waals surface area contributed by atoms with Crippen molar-refractivity contribution in [3.05, 3.63) is 35.3 Å². The van der Waals surface area contributed by atoms with E-state index >= 15 is 0 Å². The van der Waals surface area contributed by atoms with E-state index in [9.17, 15) is 0 Å². The van der Waals surface area contributed by atoms with Gasteiger partial charge in [0.1, 0.15) is 0 Å². The summed E-state index contributed by atoms with van der Waals surface area (Å²) in [6.07, 6.45) is 1.83. The summed E-state index contributed by atoms with van der Waals surface area (Å²) < 4.78 is 0. The number of fused-ring (bicyclic) bond motifs is 1. The van der Waals surface area contributed by atoms with E-state index in [1.165, 1.54) is 0 Å². The molecule has 0 atom stereocenters. The Morgan fingerprint density at radius 2 is 2.42 bits per heavy atom. The van der Waals surface area contributed by atoms with Gasteiger partial charge >= 0.3 is 0 Å². The van der Waals surface area contributed by atoms with Crippen molar-refractivity contribution in [3.8, 4) is 0 Å². The average molecular weight is 157 g/mol. The van der Waals surface area contributed by atoms with Crippen LogP contribution in [0.1, 0.15) is 5.56 Å². The first kappa shape index (κ1) is 6.86. The van der Waals surface area contributed by atoms with Crippen molar-refractivity contribution < 1.29 is 0 Å². The number of aromatic amines is 1. The van der Waals surface area contributed by atoms with Crippen molar-refractivity contribution in [1.82, 2.24) is 9.97 Å². The monoisotopic (exact) mass is 157 g/mol. The number of nitrogens with zero attached hydrogens (tertiary/aromatic N) is 2. The highest BCUT2D eigenvalue weighted by Gasteiger charge is 2.04. The fraction of sp³-hybridized carbons (Fsp3) is 0.111. The van der Waals surface area contributed by atoms with Gasteiger partial charge in [-0.1, -0.05) is 6.57 Å². The Kier molecular flexibility index (Phi) is 1.34. The summed E-state index contributed by atoms with van der Waals surface area (Å²) in [4.78, 5) is 10.4. The van der Waals surface area contributed by atoms with E-state index in [1.54, 1.807) is 6.07 Å². The van der Waals surface area contributed by atoms with E-state index < -0.39 is 0 Å². The molecule has 0 unspecified atom stereocenters. The maximum absolute atomic E-state index is 6.82. The molecule has 3 nitrogen and oxygen atoms in total. The SMILES string of the molecule is [C-]#[N+]c1cc(C)c2cc[nH]c2n1. The third-order valence-electron chi connectivity index (χ3n) is 1.84. The van der Waals surface area contributed by atoms with Crippen molar-refractivity contribution >= 4 is 16.9 Å². The van der Waals surface area contributed by atoms with Crippen LogP contribution in [0.2, 0.25) is 0 Å². The number of nitrogens with one attached hydrogen (secondary N) is 1. The Morgan fingerprint density at radius 3 is 3.17 bits per heavy atom. The summed E-state index contributed by atoms with van der Waals surface area (Å²) in [5.41, 5.74) is 1.88. The third-order valence-corrected chi connectivity index (χ3v) is 1.84. The molecule has 0 bridgehead atoms. The molecule has 2 heterocycles. The fourth-order valence-electron chi connectivity index (χ4n) is 1.25. The molecule has 0 amide bonds. The van der Waals surface area contributed by atoms with Gasteiger partial charge < -0.3 is 9.83 Å². The minimum atomic E-state index is 0.447. The van der Waals surface area contributed by atoms with Gasteiger partial charge in [-0.25, -0.2) is 0 Å². The van der Waals surface area contributed by atoms with E-state index in [-0.39, 0.29) is 0 Å². The Morgan fingerprint density at radius 1 is 1.58 bits per heavy atom. The predicted octanol–water partition coefficient (Wildman–Crippen LogP) is 2.42. The highest BCUT2D eigenvalue weighted by atomic mass is 14.9. The summed E-state index contributed by atoms with van der Waals surface area (Å²) in [5, 5.41) is 1.09. The zero-order valence-electron chi connectivity index (χ0n) is 6.63. The normalized spacial score (nSPS) is 10.0. The molecular formula is C9H7N3. The largest absolute Gasteiger partial charge is 0.361 e. The van der Waals surface area contributed by atoms with Crippen LogP contribution in [0, 0.1) is 13.5 Å². The van der Waals surface area contributed by atoms with E-state index in [2.05, 4.69) is 14.8 Å². The van der Waals surface area contributed by atoms with Crippen LogP contribution < -0.4 is 0 Å². The van der Waals surface area contributed by atoms with Crippen LogP contribution >= 0.6 is 0 Å². The van der Waals surface area contributed by atoms with Gasteiger partial charge in [0.05, 0.1) is 0 Å². The lowest BCUT2D eigenvalue weighted by molar-refractivity contribution is 1.33. The Labute approximate surface area is 69.9 Å². The standard InChI is InChI=1S/C9H7N3/c1-6-5-8(10-2)12-9-7(6)3-4-11-9/h3-5H,1H3,(H,11,12). The first-order valence-electron chi connectivity index (χ1n) is 3.63. The van der Waals surface area contributed by atoms with Crippen molar-refractivity contribution in [2.45, 2.75) is 6.92 Å². The maximum atomic E-state index is 6.82. The van der Waals surface area contributed by atoms with Crippen LogP contribution in [0.15, 0.2) is 18.3 Å². The second kappa shape index (κ2) is 2.35. The fourth-order valence-corrected chi connectivity index (χ4v) is 1.25. The lowest BCUT2D eigenvalue weighted by atomic mass is 10.2. The number of hydrogen-bond donors (Lipinski definition) is 1. The van der Waals surface area contributed by atoms with Gasteiger partial charge in [-0.05, 0) is 24.6 Å². The number of H-pyrrole nitrogens is 1. The number of rotatable bonds is 0. The molecule has 0 aliphatic carbocycles. The highest BCUT2D eigenvalue weighted by molar-refractivity contribution is 5.81. The molecule has 12 heavy (non-hydrogen) atoms. The molecule has 0 saturated heterocycles. The quantitative estimate of drug-likeness (QED) is 0.585. The first-order valence-corrected chi connectivity index (χ1v) is 3.63. The minimum absolute atomic E-state index is 0.447. The number of aryl methyl sites for hydroxylation is 1. The van der Waals surface area contributed by atoms with Crippen LogP contribution in [0.3, 0.4) is 0 Å². The molecule has 2 aromatic heterocycles. The predicted molar refractivity (Wildman–Crippen MR) is 47.1 cm³/mol. The lowest BCUT2D eigenvalue weighted by Crippen LogP contribution is -1.79. The molecule has 2 rings (SSSR count). The van der Waals surface area contributed by atoms with Gasteiger partial charge in [0, 0.05) is 11.6 Å². The summed E-state index contributed by atoms with van der Waals surface area (Å²) in [6, 6.07) is 3.76. The second-order valence-corrected chi connectivity index (χ2v) is 2.65. The van der Waals surface area contributed by atoms with Crippen LogP contribution in [0.5, 0.6) is 0 Å². The Bertz CT molecular complexity index is 462. The molecule has 0 fully saturated rings. The average Bonchev–Trinajstić information content (AvgIpc) is 2.52. The molecule has 0 spiro atoms. The Hall–Kier alpha value is -1.82. The lowest BCUT2D eigenvalue weighted by Gasteiger charge is -1.93. The topological polar surface area (TPSA) is 33.0 Å². The number of aromatic nitrogens is 2. The summed E-state index contributed by atoms with van der Waals surface area (Å²) in [7, 11) is 0.